The minimum absolute atomic E-state index is 0.0863. The lowest BCUT2D eigenvalue weighted by molar-refractivity contribution is -0.145. The van der Waals surface area contributed by atoms with E-state index in [1.165, 1.54) is 11.3 Å². The number of hydrogen-bond acceptors (Lipinski definition) is 4. The third kappa shape index (κ3) is 4.51. The maximum absolute atomic E-state index is 12.6. The lowest BCUT2D eigenvalue weighted by Gasteiger charge is -2.24. The molecule has 0 radical (unpaired) electrons. The summed E-state index contributed by atoms with van der Waals surface area (Å²) in [4.78, 5) is 29.1. The van der Waals surface area contributed by atoms with Crippen molar-refractivity contribution in [2.75, 3.05) is 0 Å². The smallest absolute Gasteiger partial charge is 0.314 e. The first-order valence-corrected chi connectivity index (χ1v) is 10.1. The summed E-state index contributed by atoms with van der Waals surface area (Å²) in [7, 11) is 0. The second kappa shape index (κ2) is 8.15. The van der Waals surface area contributed by atoms with Crippen molar-refractivity contribution in [3.05, 3.63) is 75.7 Å². The average molecular weight is 444 g/mol. The summed E-state index contributed by atoms with van der Waals surface area (Å²) in [6.45, 7) is 1.59. The Bertz CT molecular complexity index is 970. The molecule has 1 unspecified atom stereocenters. The van der Waals surface area contributed by atoms with Gasteiger partial charge >= 0.3 is 5.97 Å². The van der Waals surface area contributed by atoms with Gasteiger partial charge in [-0.1, -0.05) is 58.4 Å². The molecule has 27 heavy (non-hydrogen) atoms. The van der Waals surface area contributed by atoms with Gasteiger partial charge in [0.25, 0.3) is 0 Å². The van der Waals surface area contributed by atoms with Crippen LogP contribution in [0.4, 0.5) is 0 Å². The summed E-state index contributed by atoms with van der Waals surface area (Å²) in [5.74, 6) is -1.16. The predicted molar refractivity (Wildman–Crippen MR) is 110 cm³/mol. The fourth-order valence-corrected chi connectivity index (χ4v) is 4.12. The summed E-state index contributed by atoms with van der Waals surface area (Å²) in [5, 5.41) is 12.5. The molecule has 0 aliphatic heterocycles. The van der Waals surface area contributed by atoms with E-state index < -0.39 is 11.4 Å². The van der Waals surface area contributed by atoms with Crippen LogP contribution in [0.2, 0.25) is 0 Å². The molecular weight excluding hydrogens is 426 g/mol. The Labute approximate surface area is 170 Å². The number of aromatic nitrogens is 1. The Kier molecular flexibility index (Phi) is 5.87. The highest BCUT2D eigenvalue weighted by Crippen LogP contribution is 2.31. The van der Waals surface area contributed by atoms with Gasteiger partial charge in [-0.2, -0.15) is 0 Å². The maximum atomic E-state index is 12.6. The molecule has 0 saturated carbocycles. The second-order valence-corrected chi connectivity index (χ2v) is 8.32. The summed E-state index contributed by atoms with van der Waals surface area (Å²) >= 11 is 4.84. The van der Waals surface area contributed by atoms with Crippen molar-refractivity contribution in [1.82, 2.24) is 4.98 Å². The molecule has 0 amide bonds. The zero-order valence-corrected chi connectivity index (χ0v) is 17.1. The van der Waals surface area contributed by atoms with E-state index in [4.69, 9.17) is 0 Å². The molecule has 2 aromatic carbocycles. The van der Waals surface area contributed by atoms with Crippen molar-refractivity contribution < 1.29 is 14.7 Å². The first kappa shape index (κ1) is 19.5. The first-order valence-electron chi connectivity index (χ1n) is 8.39. The third-order valence-electron chi connectivity index (χ3n) is 4.44. The van der Waals surface area contributed by atoms with Gasteiger partial charge in [0.2, 0.25) is 0 Å². The molecule has 0 fully saturated rings. The number of carboxylic acid groups (broad SMARTS) is 1. The van der Waals surface area contributed by atoms with Gasteiger partial charge in [-0.05, 0) is 24.6 Å². The summed E-state index contributed by atoms with van der Waals surface area (Å²) in [6.07, 6.45) is 0.0389. The topological polar surface area (TPSA) is 67.3 Å². The standard InChI is InChI=1S/C21H18BrNO3S/c1-21(20(25)26,15-8-5-9-16(22)10-15)12-18(24)11-17-13-27-19(23-17)14-6-3-2-4-7-14/h2-10,13H,11-12H2,1H3,(H,25,26). The van der Waals surface area contributed by atoms with E-state index in [0.29, 0.717) is 11.3 Å². The van der Waals surface area contributed by atoms with Crippen LogP contribution in [0.1, 0.15) is 24.6 Å². The van der Waals surface area contributed by atoms with E-state index in [9.17, 15) is 14.7 Å². The molecule has 1 aromatic heterocycles. The number of halogens is 1. The number of benzene rings is 2. The zero-order chi connectivity index (χ0) is 19.4. The van der Waals surface area contributed by atoms with Gasteiger partial charge in [-0.3, -0.25) is 9.59 Å². The van der Waals surface area contributed by atoms with Crippen LogP contribution in [0.5, 0.6) is 0 Å². The number of rotatable bonds is 7. The lowest BCUT2D eigenvalue weighted by atomic mass is 9.78. The van der Waals surface area contributed by atoms with Crippen LogP contribution in [-0.2, 0) is 21.4 Å². The second-order valence-electron chi connectivity index (χ2n) is 6.55. The molecule has 4 nitrogen and oxygen atoms in total. The number of carbonyl (C=O) groups is 2. The molecule has 0 aliphatic carbocycles. The number of aliphatic carboxylic acids is 1. The summed E-state index contributed by atoms with van der Waals surface area (Å²) in [5.41, 5.74) is 0.997. The van der Waals surface area contributed by atoms with Crippen molar-refractivity contribution in [3.8, 4) is 10.6 Å². The quantitative estimate of drug-likeness (QED) is 0.550. The molecule has 6 heteroatoms. The maximum Gasteiger partial charge on any atom is 0.314 e. The first-order chi connectivity index (χ1) is 12.9. The highest BCUT2D eigenvalue weighted by molar-refractivity contribution is 9.10. The van der Waals surface area contributed by atoms with E-state index in [0.717, 1.165) is 15.0 Å². The van der Waals surface area contributed by atoms with Crippen LogP contribution in [0.3, 0.4) is 0 Å². The van der Waals surface area contributed by atoms with E-state index in [1.807, 2.05) is 41.8 Å². The van der Waals surface area contributed by atoms with E-state index in [-0.39, 0.29) is 18.6 Å². The third-order valence-corrected chi connectivity index (χ3v) is 5.87. The molecule has 0 spiro atoms. The number of carbonyl (C=O) groups excluding carboxylic acids is 1. The fourth-order valence-electron chi connectivity index (χ4n) is 2.89. The van der Waals surface area contributed by atoms with E-state index in [2.05, 4.69) is 20.9 Å². The van der Waals surface area contributed by atoms with Crippen molar-refractivity contribution in [2.24, 2.45) is 0 Å². The number of hydrogen-bond donors (Lipinski definition) is 1. The number of thiazole rings is 1. The fraction of sp³-hybridized carbons (Fsp3) is 0.190. The van der Waals surface area contributed by atoms with Crippen molar-refractivity contribution >= 4 is 39.0 Å². The van der Waals surface area contributed by atoms with Gasteiger partial charge in [0, 0.05) is 28.3 Å². The SMILES string of the molecule is CC(CC(=O)Cc1csc(-c2ccccc2)n1)(C(=O)O)c1cccc(Br)c1. The highest BCUT2D eigenvalue weighted by atomic mass is 79.9. The molecule has 1 heterocycles. The minimum Gasteiger partial charge on any atom is -0.481 e. The minimum atomic E-state index is -1.28. The zero-order valence-electron chi connectivity index (χ0n) is 14.7. The number of carboxylic acids is 1. The number of ketones is 1. The van der Waals surface area contributed by atoms with Gasteiger partial charge in [0.1, 0.15) is 10.8 Å². The van der Waals surface area contributed by atoms with Crippen LogP contribution in [0.15, 0.2) is 64.5 Å². The van der Waals surface area contributed by atoms with Crippen LogP contribution in [-0.4, -0.2) is 21.8 Å². The molecule has 138 valence electrons. The Morgan fingerprint density at radius 2 is 1.89 bits per heavy atom. The molecule has 1 atom stereocenters. The Hall–Kier alpha value is -2.31. The van der Waals surface area contributed by atoms with Crippen molar-refractivity contribution in [2.45, 2.75) is 25.2 Å². The van der Waals surface area contributed by atoms with Crippen LogP contribution >= 0.6 is 27.3 Å². The van der Waals surface area contributed by atoms with E-state index in [1.54, 1.807) is 25.1 Å². The molecule has 0 bridgehead atoms. The predicted octanol–water partition coefficient (Wildman–Crippen LogP) is 5.12. The van der Waals surface area contributed by atoms with Gasteiger partial charge in [0.05, 0.1) is 11.1 Å². The summed E-state index contributed by atoms with van der Waals surface area (Å²) < 4.78 is 0.784. The highest BCUT2D eigenvalue weighted by Gasteiger charge is 2.37. The molecule has 3 aromatic rings. The van der Waals surface area contributed by atoms with Crippen molar-refractivity contribution in [1.29, 1.82) is 0 Å². The lowest BCUT2D eigenvalue weighted by Crippen LogP contribution is -2.35. The van der Waals surface area contributed by atoms with E-state index >= 15 is 0 Å². The van der Waals surface area contributed by atoms with Gasteiger partial charge in [-0.15, -0.1) is 11.3 Å². The van der Waals surface area contributed by atoms with Gasteiger partial charge in [0.15, 0.2) is 0 Å². The Morgan fingerprint density at radius 3 is 2.56 bits per heavy atom. The molecule has 1 N–H and O–H groups in total. The van der Waals surface area contributed by atoms with Gasteiger partial charge < -0.3 is 5.11 Å². The molecular formula is C21H18BrNO3S. The molecule has 0 saturated heterocycles. The average Bonchev–Trinajstić information content (AvgIpc) is 3.10. The van der Waals surface area contributed by atoms with Gasteiger partial charge in [-0.25, -0.2) is 4.98 Å². The van der Waals surface area contributed by atoms with Crippen LogP contribution in [0.25, 0.3) is 10.6 Å². The number of Topliss-reactive ketones (excluding diaryl/α,β-unsaturated/α-hetero) is 1. The number of nitrogens with zero attached hydrogens (tertiary/aromatic N) is 1. The molecule has 3 rings (SSSR count). The van der Waals surface area contributed by atoms with Crippen LogP contribution < -0.4 is 0 Å². The van der Waals surface area contributed by atoms with Crippen molar-refractivity contribution in [3.63, 3.8) is 0 Å². The largest absolute Gasteiger partial charge is 0.481 e. The molecule has 0 aliphatic rings. The summed E-state index contributed by atoms with van der Waals surface area (Å²) in [6, 6.07) is 16.9. The van der Waals surface area contributed by atoms with Crippen LogP contribution in [0, 0.1) is 0 Å². The Morgan fingerprint density at radius 1 is 1.15 bits per heavy atom. The monoisotopic (exact) mass is 443 g/mol. The normalized spacial score (nSPS) is 13.1. The Balaban J connectivity index is 1.76.